The minimum Gasteiger partial charge on any atom is -0.508 e. The van der Waals surface area contributed by atoms with Gasteiger partial charge in [0, 0.05) is 12.1 Å². The number of nitrogens with one attached hydrogen (secondary N) is 1. The molecule has 0 aliphatic carbocycles. The average Bonchev–Trinajstić information content (AvgIpc) is 2.33. The Balaban J connectivity index is 2.32. The quantitative estimate of drug-likeness (QED) is 0.444. The lowest BCUT2D eigenvalue weighted by Gasteiger charge is -2.07. The lowest BCUT2D eigenvalue weighted by atomic mass is 10.1. The summed E-state index contributed by atoms with van der Waals surface area (Å²) in [7, 11) is 0. The Morgan fingerprint density at radius 3 is 2.67 bits per heavy atom. The predicted octanol–water partition coefficient (Wildman–Crippen LogP) is 3.43. The molecule has 0 aromatic heterocycles. The van der Waals surface area contributed by atoms with Crippen LogP contribution < -0.4 is 5.32 Å². The van der Waals surface area contributed by atoms with Crippen LogP contribution in [0, 0.1) is 6.92 Å². The van der Waals surface area contributed by atoms with Crippen molar-refractivity contribution in [2.75, 3.05) is 11.0 Å². The van der Waals surface area contributed by atoms with Gasteiger partial charge in [0.1, 0.15) is 5.75 Å². The number of aromatic hydroxyl groups is 1. The zero-order chi connectivity index (χ0) is 13.4. The Morgan fingerprint density at radius 2 is 2.00 bits per heavy atom. The van der Waals surface area contributed by atoms with Gasteiger partial charge in [-0.1, -0.05) is 35.4 Å². The molecule has 0 spiro atoms. The van der Waals surface area contributed by atoms with Crippen molar-refractivity contribution < 1.29 is 9.90 Å². The molecule has 0 heterocycles. The number of benzene rings is 1. The SMILES string of the molecule is Cc1cc(O)ccc1C(=O)NCCCCCCI. The van der Waals surface area contributed by atoms with Crippen molar-refractivity contribution in [2.24, 2.45) is 0 Å². The maximum Gasteiger partial charge on any atom is 0.251 e. The number of hydrogen-bond acceptors (Lipinski definition) is 2. The first-order valence-electron chi connectivity index (χ1n) is 6.29. The lowest BCUT2D eigenvalue weighted by Crippen LogP contribution is -2.25. The van der Waals surface area contributed by atoms with Crippen LogP contribution in [0.25, 0.3) is 0 Å². The molecule has 4 heteroatoms. The van der Waals surface area contributed by atoms with Crippen molar-refractivity contribution >= 4 is 28.5 Å². The van der Waals surface area contributed by atoms with E-state index in [1.807, 2.05) is 6.92 Å². The molecule has 0 saturated heterocycles. The fourth-order valence-electron chi connectivity index (χ4n) is 1.77. The minimum atomic E-state index is -0.0543. The van der Waals surface area contributed by atoms with Crippen LogP contribution >= 0.6 is 22.6 Å². The summed E-state index contributed by atoms with van der Waals surface area (Å²) < 4.78 is 1.21. The molecule has 0 radical (unpaired) electrons. The second-order valence-electron chi connectivity index (χ2n) is 4.36. The van der Waals surface area contributed by atoms with Gasteiger partial charge in [0.15, 0.2) is 0 Å². The van der Waals surface area contributed by atoms with Crippen LogP contribution in [-0.4, -0.2) is 22.0 Å². The summed E-state index contributed by atoms with van der Waals surface area (Å²) in [4.78, 5) is 11.9. The highest BCUT2D eigenvalue weighted by atomic mass is 127. The first-order chi connectivity index (χ1) is 8.65. The Hall–Kier alpha value is -0.780. The van der Waals surface area contributed by atoms with Crippen LogP contribution in [0.1, 0.15) is 41.6 Å². The fraction of sp³-hybridized carbons (Fsp3) is 0.500. The summed E-state index contributed by atoms with van der Waals surface area (Å²) >= 11 is 2.38. The molecule has 0 unspecified atom stereocenters. The number of alkyl halides is 1. The van der Waals surface area contributed by atoms with E-state index in [4.69, 9.17) is 0 Å². The van der Waals surface area contributed by atoms with Gasteiger partial charge in [0.05, 0.1) is 0 Å². The van der Waals surface area contributed by atoms with E-state index in [1.54, 1.807) is 18.2 Å². The van der Waals surface area contributed by atoms with E-state index in [0.717, 1.165) is 24.9 Å². The van der Waals surface area contributed by atoms with Crippen molar-refractivity contribution in [1.82, 2.24) is 5.32 Å². The number of unbranched alkanes of at least 4 members (excludes halogenated alkanes) is 3. The molecule has 100 valence electrons. The number of amides is 1. The van der Waals surface area contributed by atoms with E-state index >= 15 is 0 Å². The highest BCUT2D eigenvalue weighted by Crippen LogP contribution is 2.15. The molecule has 1 aromatic carbocycles. The van der Waals surface area contributed by atoms with Crippen molar-refractivity contribution in [1.29, 1.82) is 0 Å². The standard InChI is InChI=1S/C14H20INO2/c1-11-10-12(17)6-7-13(11)14(18)16-9-5-3-2-4-8-15/h6-7,10,17H,2-5,8-9H2,1H3,(H,16,18). The third kappa shape index (κ3) is 5.25. The van der Waals surface area contributed by atoms with Gasteiger partial charge in [0.25, 0.3) is 5.91 Å². The molecule has 0 aliphatic rings. The second-order valence-corrected chi connectivity index (χ2v) is 5.44. The van der Waals surface area contributed by atoms with E-state index in [2.05, 4.69) is 27.9 Å². The van der Waals surface area contributed by atoms with Crippen molar-refractivity contribution in [3.63, 3.8) is 0 Å². The molecular weight excluding hydrogens is 341 g/mol. The smallest absolute Gasteiger partial charge is 0.251 e. The normalized spacial score (nSPS) is 10.3. The number of phenolic OH excluding ortho intramolecular Hbond substituents is 1. The number of aryl methyl sites for hydroxylation is 1. The van der Waals surface area contributed by atoms with Crippen LogP contribution in [0.4, 0.5) is 0 Å². The van der Waals surface area contributed by atoms with Gasteiger partial charge in [-0.15, -0.1) is 0 Å². The number of carbonyl (C=O) groups is 1. The number of rotatable bonds is 7. The van der Waals surface area contributed by atoms with Crippen molar-refractivity contribution in [2.45, 2.75) is 32.6 Å². The summed E-state index contributed by atoms with van der Waals surface area (Å²) in [6, 6.07) is 4.81. The first kappa shape index (κ1) is 15.3. The third-order valence-corrected chi connectivity index (χ3v) is 3.56. The van der Waals surface area contributed by atoms with Crippen molar-refractivity contribution in [3.8, 4) is 5.75 Å². The van der Waals surface area contributed by atoms with Gasteiger partial charge in [-0.05, 0) is 48.0 Å². The van der Waals surface area contributed by atoms with Crippen LogP contribution in [0.2, 0.25) is 0 Å². The summed E-state index contributed by atoms with van der Waals surface area (Å²) in [5, 5.41) is 12.2. The van der Waals surface area contributed by atoms with E-state index in [0.29, 0.717) is 5.56 Å². The van der Waals surface area contributed by atoms with Crippen LogP contribution in [-0.2, 0) is 0 Å². The number of carbonyl (C=O) groups excluding carboxylic acids is 1. The number of halogens is 1. The van der Waals surface area contributed by atoms with E-state index in [9.17, 15) is 9.90 Å². The van der Waals surface area contributed by atoms with E-state index < -0.39 is 0 Å². The van der Waals surface area contributed by atoms with Crippen LogP contribution in [0.5, 0.6) is 5.75 Å². The summed E-state index contributed by atoms with van der Waals surface area (Å²) in [5.41, 5.74) is 1.44. The minimum absolute atomic E-state index is 0.0543. The molecule has 0 bridgehead atoms. The summed E-state index contributed by atoms with van der Waals surface area (Å²) in [6.07, 6.45) is 4.68. The zero-order valence-electron chi connectivity index (χ0n) is 10.7. The topological polar surface area (TPSA) is 49.3 Å². The summed E-state index contributed by atoms with van der Waals surface area (Å²) in [5.74, 6) is 0.143. The van der Waals surface area contributed by atoms with E-state index in [-0.39, 0.29) is 11.7 Å². The Morgan fingerprint density at radius 1 is 1.28 bits per heavy atom. The molecule has 1 amide bonds. The Kier molecular flexibility index (Phi) is 7.08. The first-order valence-corrected chi connectivity index (χ1v) is 7.81. The van der Waals surface area contributed by atoms with Gasteiger partial charge in [-0.2, -0.15) is 0 Å². The molecule has 0 aliphatic heterocycles. The lowest BCUT2D eigenvalue weighted by molar-refractivity contribution is 0.0952. The van der Waals surface area contributed by atoms with Crippen molar-refractivity contribution in [3.05, 3.63) is 29.3 Å². The molecule has 1 aromatic rings. The van der Waals surface area contributed by atoms with Gasteiger partial charge < -0.3 is 10.4 Å². The van der Waals surface area contributed by atoms with Gasteiger partial charge >= 0.3 is 0 Å². The molecule has 3 nitrogen and oxygen atoms in total. The Bertz CT molecular complexity index is 393. The maximum atomic E-state index is 11.9. The highest BCUT2D eigenvalue weighted by Gasteiger charge is 2.08. The zero-order valence-corrected chi connectivity index (χ0v) is 12.9. The molecule has 2 N–H and O–H groups in total. The maximum absolute atomic E-state index is 11.9. The van der Waals surface area contributed by atoms with Crippen LogP contribution in [0.3, 0.4) is 0 Å². The molecule has 0 saturated carbocycles. The van der Waals surface area contributed by atoms with Crippen LogP contribution in [0.15, 0.2) is 18.2 Å². The second kappa shape index (κ2) is 8.34. The molecule has 0 atom stereocenters. The summed E-state index contributed by atoms with van der Waals surface area (Å²) in [6.45, 7) is 2.55. The largest absolute Gasteiger partial charge is 0.508 e. The fourth-order valence-corrected chi connectivity index (χ4v) is 2.31. The van der Waals surface area contributed by atoms with Gasteiger partial charge in [0.2, 0.25) is 0 Å². The molecule has 18 heavy (non-hydrogen) atoms. The number of hydrogen-bond donors (Lipinski definition) is 2. The predicted molar refractivity (Wildman–Crippen MR) is 82.5 cm³/mol. The monoisotopic (exact) mass is 361 g/mol. The molecule has 0 fully saturated rings. The Labute approximate surface area is 122 Å². The number of phenols is 1. The molecular formula is C14H20INO2. The third-order valence-electron chi connectivity index (χ3n) is 2.80. The average molecular weight is 361 g/mol. The van der Waals surface area contributed by atoms with Gasteiger partial charge in [-0.3, -0.25) is 4.79 Å². The van der Waals surface area contributed by atoms with Gasteiger partial charge in [-0.25, -0.2) is 0 Å². The molecule has 1 rings (SSSR count). The highest BCUT2D eigenvalue weighted by molar-refractivity contribution is 14.1. The van der Waals surface area contributed by atoms with E-state index in [1.165, 1.54) is 17.3 Å².